The molecular formula is C6H11N3O3. The summed E-state index contributed by atoms with van der Waals surface area (Å²) >= 11 is 0. The maximum atomic E-state index is 10.4. The van der Waals surface area contributed by atoms with Crippen LogP contribution in [0, 0.1) is 0 Å². The summed E-state index contributed by atoms with van der Waals surface area (Å²) in [5.74, 6) is -1.15. The molecule has 68 valence electrons. The first kappa shape index (κ1) is 10.4. The highest BCUT2D eigenvalue weighted by atomic mass is 16.4. The van der Waals surface area contributed by atoms with Gasteiger partial charge in [-0.15, -0.1) is 0 Å². The Bertz CT molecular complexity index is 212. The van der Waals surface area contributed by atoms with E-state index in [0.29, 0.717) is 12.8 Å². The summed E-state index contributed by atoms with van der Waals surface area (Å²) in [7, 11) is 0. The number of nitrogens with two attached hydrogens (primary N) is 1. The van der Waals surface area contributed by atoms with Crippen molar-refractivity contribution in [1.82, 2.24) is 5.43 Å². The number of aliphatic carboxylic acids is 1. The van der Waals surface area contributed by atoms with E-state index < -0.39 is 12.0 Å². The number of nitrogens with one attached hydrogen (secondary N) is 1. The molecule has 0 aliphatic heterocycles. The minimum atomic E-state index is -1.15. The van der Waals surface area contributed by atoms with Crippen LogP contribution in [0.2, 0.25) is 0 Å². The molecule has 0 aromatic rings. The molecule has 0 atom stereocenters. The highest BCUT2D eigenvalue weighted by molar-refractivity contribution is 6.35. The highest BCUT2D eigenvalue weighted by Gasteiger charge is 2.07. The van der Waals surface area contributed by atoms with Crippen molar-refractivity contribution in [2.75, 3.05) is 0 Å². The van der Waals surface area contributed by atoms with Crippen molar-refractivity contribution >= 4 is 17.7 Å². The Labute approximate surface area is 69.4 Å². The van der Waals surface area contributed by atoms with Crippen LogP contribution < -0.4 is 11.2 Å². The SMILES string of the molecule is CCC/C(=N/NC(N)=O)C(=O)O. The second-order valence-corrected chi connectivity index (χ2v) is 2.09. The zero-order valence-electron chi connectivity index (χ0n) is 6.70. The number of nitrogens with zero attached hydrogens (tertiary/aromatic N) is 1. The number of rotatable bonds is 4. The summed E-state index contributed by atoms with van der Waals surface area (Å²) in [6.07, 6.45) is 0.946. The van der Waals surface area contributed by atoms with E-state index in [2.05, 4.69) is 10.8 Å². The van der Waals surface area contributed by atoms with Crippen molar-refractivity contribution in [3.8, 4) is 0 Å². The van der Waals surface area contributed by atoms with Gasteiger partial charge in [-0.1, -0.05) is 13.3 Å². The Morgan fingerprint density at radius 3 is 2.50 bits per heavy atom. The van der Waals surface area contributed by atoms with E-state index >= 15 is 0 Å². The van der Waals surface area contributed by atoms with Crippen molar-refractivity contribution in [2.24, 2.45) is 10.8 Å². The van der Waals surface area contributed by atoms with Gasteiger partial charge in [0.15, 0.2) is 0 Å². The first-order valence-corrected chi connectivity index (χ1v) is 3.43. The summed E-state index contributed by atoms with van der Waals surface area (Å²) in [4.78, 5) is 20.5. The van der Waals surface area contributed by atoms with Gasteiger partial charge in [-0.2, -0.15) is 5.10 Å². The minimum Gasteiger partial charge on any atom is -0.477 e. The predicted octanol–water partition coefficient (Wildman–Crippen LogP) is -0.105. The molecule has 0 saturated heterocycles. The topological polar surface area (TPSA) is 105 Å². The lowest BCUT2D eigenvalue weighted by atomic mass is 10.2. The monoisotopic (exact) mass is 173 g/mol. The van der Waals surface area contributed by atoms with Crippen LogP contribution >= 0.6 is 0 Å². The number of amides is 2. The Kier molecular flexibility index (Phi) is 4.43. The predicted molar refractivity (Wildman–Crippen MR) is 42.7 cm³/mol. The summed E-state index contributed by atoms with van der Waals surface area (Å²) in [5, 5.41) is 11.8. The normalized spacial score (nSPS) is 10.9. The average molecular weight is 173 g/mol. The van der Waals surface area contributed by atoms with E-state index in [1.165, 1.54) is 0 Å². The third kappa shape index (κ3) is 4.26. The van der Waals surface area contributed by atoms with Crippen LogP contribution in [0.4, 0.5) is 4.79 Å². The van der Waals surface area contributed by atoms with E-state index in [-0.39, 0.29) is 5.71 Å². The smallest absolute Gasteiger partial charge is 0.352 e. The fourth-order valence-electron chi connectivity index (χ4n) is 0.570. The lowest BCUT2D eigenvalue weighted by Gasteiger charge is -1.97. The summed E-state index contributed by atoms with van der Waals surface area (Å²) in [5.41, 5.74) is 6.44. The van der Waals surface area contributed by atoms with E-state index in [0.717, 1.165) is 0 Å². The number of carboxylic acid groups (broad SMARTS) is 1. The Balaban J connectivity index is 4.18. The zero-order valence-corrected chi connectivity index (χ0v) is 6.70. The molecular weight excluding hydrogens is 162 g/mol. The minimum absolute atomic E-state index is 0.101. The third-order valence-corrected chi connectivity index (χ3v) is 1.03. The van der Waals surface area contributed by atoms with Gasteiger partial charge in [-0.25, -0.2) is 15.0 Å². The third-order valence-electron chi connectivity index (χ3n) is 1.03. The fraction of sp³-hybridized carbons (Fsp3) is 0.500. The molecule has 6 nitrogen and oxygen atoms in total. The molecule has 0 radical (unpaired) electrons. The second kappa shape index (κ2) is 5.11. The lowest BCUT2D eigenvalue weighted by molar-refractivity contribution is -0.129. The maximum Gasteiger partial charge on any atom is 0.352 e. The molecule has 0 saturated carbocycles. The number of hydrogen-bond acceptors (Lipinski definition) is 3. The van der Waals surface area contributed by atoms with Gasteiger partial charge < -0.3 is 10.8 Å². The molecule has 0 spiro atoms. The standard InChI is InChI=1S/C6H11N3O3/c1-2-3-4(5(10)11)8-9-6(7)12/h2-3H2,1H3,(H,10,11)(H3,7,9,12)/b8-4-. The molecule has 0 aromatic carbocycles. The molecule has 4 N–H and O–H groups in total. The molecule has 2 amide bonds. The van der Waals surface area contributed by atoms with Gasteiger partial charge in [0.25, 0.3) is 0 Å². The summed E-state index contributed by atoms with van der Waals surface area (Å²) < 4.78 is 0. The van der Waals surface area contributed by atoms with Gasteiger partial charge in [0.05, 0.1) is 0 Å². The van der Waals surface area contributed by atoms with Gasteiger partial charge in [0.2, 0.25) is 0 Å². The summed E-state index contributed by atoms with van der Waals surface area (Å²) in [6.45, 7) is 1.81. The van der Waals surface area contributed by atoms with Crippen molar-refractivity contribution < 1.29 is 14.7 Å². The van der Waals surface area contributed by atoms with E-state index in [1.54, 1.807) is 0 Å². The first-order valence-electron chi connectivity index (χ1n) is 3.43. The number of primary amides is 1. The van der Waals surface area contributed by atoms with Crippen LogP contribution in [0.15, 0.2) is 5.10 Å². The molecule has 0 unspecified atom stereocenters. The number of carbonyl (C=O) groups excluding carboxylic acids is 1. The molecule has 6 heteroatoms. The van der Waals surface area contributed by atoms with Crippen molar-refractivity contribution in [3.05, 3.63) is 0 Å². The molecule has 0 bridgehead atoms. The van der Waals surface area contributed by atoms with Crippen molar-refractivity contribution in [2.45, 2.75) is 19.8 Å². The van der Waals surface area contributed by atoms with Crippen LogP contribution in [-0.2, 0) is 4.79 Å². The van der Waals surface area contributed by atoms with Crippen LogP contribution in [-0.4, -0.2) is 22.8 Å². The van der Waals surface area contributed by atoms with Crippen molar-refractivity contribution in [3.63, 3.8) is 0 Å². The Morgan fingerprint density at radius 2 is 2.17 bits per heavy atom. The number of urea groups is 1. The van der Waals surface area contributed by atoms with Gasteiger partial charge in [0, 0.05) is 0 Å². The van der Waals surface area contributed by atoms with E-state index in [1.807, 2.05) is 12.3 Å². The molecule has 0 rings (SSSR count). The van der Waals surface area contributed by atoms with Crippen LogP contribution in [0.25, 0.3) is 0 Å². The van der Waals surface area contributed by atoms with Gasteiger partial charge in [-0.05, 0) is 6.42 Å². The Morgan fingerprint density at radius 1 is 1.58 bits per heavy atom. The lowest BCUT2D eigenvalue weighted by Crippen LogP contribution is -2.27. The highest BCUT2D eigenvalue weighted by Crippen LogP contribution is 1.91. The average Bonchev–Trinajstić information content (AvgIpc) is 1.96. The number of hydrogen-bond donors (Lipinski definition) is 3. The molecule has 0 aliphatic rings. The maximum absolute atomic E-state index is 10.4. The van der Waals surface area contributed by atoms with Crippen LogP contribution in [0.3, 0.4) is 0 Å². The molecule has 0 aromatic heterocycles. The quantitative estimate of drug-likeness (QED) is 0.408. The van der Waals surface area contributed by atoms with Gasteiger partial charge in [0.1, 0.15) is 5.71 Å². The second-order valence-electron chi connectivity index (χ2n) is 2.09. The Hall–Kier alpha value is -1.59. The van der Waals surface area contributed by atoms with Crippen molar-refractivity contribution in [1.29, 1.82) is 0 Å². The molecule has 0 aliphatic carbocycles. The van der Waals surface area contributed by atoms with Gasteiger partial charge >= 0.3 is 12.0 Å². The zero-order chi connectivity index (χ0) is 9.56. The van der Waals surface area contributed by atoms with E-state index in [9.17, 15) is 9.59 Å². The largest absolute Gasteiger partial charge is 0.477 e. The van der Waals surface area contributed by atoms with Crippen LogP contribution in [0.5, 0.6) is 0 Å². The molecule has 12 heavy (non-hydrogen) atoms. The number of hydrazone groups is 1. The fourth-order valence-corrected chi connectivity index (χ4v) is 0.570. The van der Waals surface area contributed by atoms with E-state index in [4.69, 9.17) is 5.11 Å². The molecule has 0 fully saturated rings. The first-order chi connectivity index (χ1) is 5.57. The number of carbonyl (C=O) groups is 2. The number of carboxylic acids is 1. The van der Waals surface area contributed by atoms with Gasteiger partial charge in [-0.3, -0.25) is 0 Å². The molecule has 0 heterocycles. The van der Waals surface area contributed by atoms with Crippen LogP contribution in [0.1, 0.15) is 19.8 Å². The summed E-state index contributed by atoms with van der Waals surface area (Å²) in [6, 6.07) is -0.871.